The highest BCUT2D eigenvalue weighted by molar-refractivity contribution is 9.10. The molecular weight excluding hydrogens is 353 g/mol. The van der Waals surface area contributed by atoms with Crippen LogP contribution in [0.1, 0.15) is 12.0 Å². The number of methoxy groups -OCH3 is 1. The van der Waals surface area contributed by atoms with Gasteiger partial charge in [0.25, 0.3) is 0 Å². The second-order valence-corrected chi connectivity index (χ2v) is 7.07. The van der Waals surface area contributed by atoms with Crippen molar-refractivity contribution in [3.05, 3.63) is 28.2 Å². The summed E-state index contributed by atoms with van der Waals surface area (Å²) in [6.07, 6.45) is -0.310. The molecule has 20 heavy (non-hydrogen) atoms. The molecule has 1 aliphatic rings. The van der Waals surface area contributed by atoms with Gasteiger partial charge in [-0.15, -0.1) is 3.89 Å². The van der Waals surface area contributed by atoms with Crippen LogP contribution < -0.4 is 4.74 Å². The number of amides is 1. The Morgan fingerprint density at radius 1 is 1.50 bits per heavy atom. The molecule has 0 saturated carbocycles. The summed E-state index contributed by atoms with van der Waals surface area (Å²) < 4.78 is 40.7. The van der Waals surface area contributed by atoms with E-state index in [0.29, 0.717) is 5.75 Å². The van der Waals surface area contributed by atoms with Crippen molar-refractivity contribution in [3.63, 3.8) is 0 Å². The maximum atomic E-state index is 13.0. The lowest BCUT2D eigenvalue weighted by molar-refractivity contribution is -0.128. The average molecular weight is 366 g/mol. The monoisotopic (exact) mass is 365 g/mol. The van der Waals surface area contributed by atoms with Gasteiger partial charge in [0, 0.05) is 29.5 Å². The third kappa shape index (κ3) is 3.29. The largest absolute Gasteiger partial charge is 0.496 e. The van der Waals surface area contributed by atoms with Crippen molar-refractivity contribution >= 4 is 32.1 Å². The van der Waals surface area contributed by atoms with Crippen LogP contribution in [0.3, 0.4) is 0 Å². The topological polar surface area (TPSA) is 63.7 Å². The van der Waals surface area contributed by atoms with Gasteiger partial charge in [0.15, 0.2) is 0 Å². The Morgan fingerprint density at radius 3 is 2.75 bits per heavy atom. The first kappa shape index (κ1) is 15.2. The molecule has 0 N–H and O–H groups in total. The number of hydrogen-bond donors (Lipinski definition) is 0. The van der Waals surface area contributed by atoms with E-state index in [9.17, 15) is 17.1 Å². The Morgan fingerprint density at radius 2 is 2.20 bits per heavy atom. The SMILES string of the molecule is COc1ccc(Br)cc1CN1CC(S(=O)(=O)F)CC1=O. The molecule has 0 aromatic heterocycles. The van der Waals surface area contributed by atoms with Gasteiger partial charge < -0.3 is 9.64 Å². The van der Waals surface area contributed by atoms with Crippen molar-refractivity contribution in [2.45, 2.75) is 18.2 Å². The first-order valence-corrected chi connectivity index (χ1v) is 8.09. The van der Waals surface area contributed by atoms with E-state index in [2.05, 4.69) is 15.9 Å². The smallest absolute Gasteiger partial charge is 0.307 e. The van der Waals surface area contributed by atoms with Crippen molar-refractivity contribution in [2.75, 3.05) is 13.7 Å². The van der Waals surface area contributed by atoms with E-state index in [1.807, 2.05) is 0 Å². The van der Waals surface area contributed by atoms with Gasteiger partial charge in [-0.2, -0.15) is 8.42 Å². The van der Waals surface area contributed by atoms with Crippen LogP contribution in [0.25, 0.3) is 0 Å². The van der Waals surface area contributed by atoms with E-state index < -0.39 is 15.5 Å². The molecule has 1 aromatic carbocycles. The molecule has 8 heteroatoms. The van der Waals surface area contributed by atoms with Crippen molar-refractivity contribution in [2.24, 2.45) is 0 Å². The van der Waals surface area contributed by atoms with Crippen LogP contribution in [0.4, 0.5) is 3.89 Å². The summed E-state index contributed by atoms with van der Waals surface area (Å²) >= 11 is 3.32. The highest BCUT2D eigenvalue weighted by Gasteiger charge is 2.38. The average Bonchev–Trinajstić information content (AvgIpc) is 2.71. The van der Waals surface area contributed by atoms with Crippen molar-refractivity contribution in [1.82, 2.24) is 4.90 Å². The van der Waals surface area contributed by atoms with Gasteiger partial charge in [0.2, 0.25) is 5.91 Å². The van der Waals surface area contributed by atoms with E-state index in [0.717, 1.165) is 10.0 Å². The number of carbonyl (C=O) groups excluding carboxylic acids is 1. The molecule has 2 rings (SSSR count). The number of hydrogen-bond acceptors (Lipinski definition) is 4. The lowest BCUT2D eigenvalue weighted by Crippen LogP contribution is -2.27. The molecule has 0 aliphatic carbocycles. The summed E-state index contributed by atoms with van der Waals surface area (Å²) in [6.45, 7) is 0.0564. The molecule has 0 bridgehead atoms. The van der Waals surface area contributed by atoms with Gasteiger partial charge >= 0.3 is 10.2 Å². The molecule has 1 saturated heterocycles. The zero-order valence-electron chi connectivity index (χ0n) is 10.7. The summed E-state index contributed by atoms with van der Waals surface area (Å²) in [5, 5.41) is -1.27. The summed E-state index contributed by atoms with van der Waals surface area (Å²) in [6, 6.07) is 5.32. The number of carbonyl (C=O) groups is 1. The van der Waals surface area contributed by atoms with E-state index in [1.54, 1.807) is 18.2 Å². The molecule has 1 heterocycles. The Balaban J connectivity index is 2.19. The summed E-state index contributed by atoms with van der Waals surface area (Å²) in [5.41, 5.74) is 0.729. The van der Waals surface area contributed by atoms with Gasteiger partial charge in [-0.05, 0) is 18.2 Å². The number of nitrogens with zero attached hydrogens (tertiary/aromatic N) is 1. The second-order valence-electron chi connectivity index (χ2n) is 4.53. The van der Waals surface area contributed by atoms with Crippen LogP contribution in [0.2, 0.25) is 0 Å². The Labute approximate surface area is 125 Å². The normalized spacial score (nSPS) is 19.4. The number of ether oxygens (including phenoxy) is 1. The molecule has 0 spiro atoms. The van der Waals surface area contributed by atoms with Crippen LogP contribution >= 0.6 is 15.9 Å². The summed E-state index contributed by atoms with van der Waals surface area (Å²) in [4.78, 5) is 13.1. The zero-order chi connectivity index (χ0) is 14.9. The number of likely N-dealkylation sites (tertiary alicyclic amines) is 1. The van der Waals surface area contributed by atoms with Crippen molar-refractivity contribution < 1.29 is 21.8 Å². The summed E-state index contributed by atoms with van der Waals surface area (Å²) in [7, 11) is -3.18. The first-order chi connectivity index (χ1) is 9.31. The van der Waals surface area contributed by atoms with Crippen LogP contribution in [0.15, 0.2) is 22.7 Å². The fourth-order valence-electron chi connectivity index (χ4n) is 2.15. The Kier molecular flexibility index (Phi) is 4.33. The quantitative estimate of drug-likeness (QED) is 0.764. The molecule has 5 nitrogen and oxygen atoms in total. The molecule has 1 unspecified atom stereocenters. The summed E-state index contributed by atoms with van der Waals surface area (Å²) in [5.74, 6) is 0.214. The van der Waals surface area contributed by atoms with Gasteiger partial charge in [0.1, 0.15) is 11.0 Å². The molecule has 1 fully saturated rings. The van der Waals surface area contributed by atoms with E-state index >= 15 is 0 Å². The minimum Gasteiger partial charge on any atom is -0.496 e. The first-order valence-electron chi connectivity index (χ1n) is 5.85. The number of rotatable bonds is 4. The number of halogens is 2. The third-order valence-electron chi connectivity index (χ3n) is 3.18. The second kappa shape index (κ2) is 5.69. The predicted octanol–water partition coefficient (Wildman–Crippen LogP) is 1.86. The van der Waals surface area contributed by atoms with Crippen LogP contribution in [-0.4, -0.2) is 38.1 Å². The third-order valence-corrected chi connectivity index (χ3v) is 4.79. The van der Waals surface area contributed by atoms with Gasteiger partial charge in [-0.3, -0.25) is 4.79 Å². The molecule has 1 amide bonds. The Bertz CT molecular complexity index is 634. The number of benzene rings is 1. The highest BCUT2D eigenvalue weighted by atomic mass is 79.9. The molecule has 1 atom stereocenters. The van der Waals surface area contributed by atoms with Crippen molar-refractivity contribution in [3.8, 4) is 5.75 Å². The molecular formula is C12H13BrFNO4S. The molecule has 110 valence electrons. The molecule has 1 aromatic rings. The predicted molar refractivity (Wildman–Crippen MR) is 74.5 cm³/mol. The van der Waals surface area contributed by atoms with E-state index in [1.165, 1.54) is 12.0 Å². The highest BCUT2D eigenvalue weighted by Crippen LogP contribution is 2.27. The minimum atomic E-state index is -4.69. The van der Waals surface area contributed by atoms with Crippen molar-refractivity contribution in [1.29, 1.82) is 0 Å². The minimum absolute atomic E-state index is 0.132. The fourth-order valence-corrected chi connectivity index (χ4v) is 3.26. The maximum Gasteiger partial charge on any atom is 0.307 e. The fraction of sp³-hybridized carbons (Fsp3) is 0.417. The molecule has 1 aliphatic heterocycles. The Hall–Kier alpha value is -1.15. The van der Waals surface area contributed by atoms with E-state index in [4.69, 9.17) is 4.74 Å². The lowest BCUT2D eigenvalue weighted by Gasteiger charge is -2.18. The van der Waals surface area contributed by atoms with E-state index in [-0.39, 0.29) is 25.4 Å². The van der Waals surface area contributed by atoms with Crippen LogP contribution in [0.5, 0.6) is 5.75 Å². The van der Waals surface area contributed by atoms with Crippen LogP contribution in [-0.2, 0) is 21.6 Å². The standard InChI is InChI=1S/C12H13BrFNO4S/c1-19-11-3-2-9(13)4-8(11)6-15-7-10(5-12(15)16)20(14,17)18/h2-4,10H,5-7H2,1H3. The zero-order valence-corrected chi connectivity index (χ0v) is 13.1. The lowest BCUT2D eigenvalue weighted by atomic mass is 10.2. The maximum absolute atomic E-state index is 13.0. The van der Waals surface area contributed by atoms with Gasteiger partial charge in [-0.25, -0.2) is 0 Å². The van der Waals surface area contributed by atoms with Crippen LogP contribution in [0, 0.1) is 0 Å². The molecule has 0 radical (unpaired) electrons. The van der Waals surface area contributed by atoms with Gasteiger partial charge in [-0.1, -0.05) is 15.9 Å². The van der Waals surface area contributed by atoms with Gasteiger partial charge in [0.05, 0.1) is 7.11 Å².